The number of Topliss-reactive ketones (excluding diaryl/α,β-unsaturated/α-hetero) is 3. The van der Waals surface area contributed by atoms with E-state index >= 15 is 0 Å². The molecule has 0 aliphatic heterocycles. The average Bonchev–Trinajstić information content (AvgIpc) is 3.81. The maximum Gasteiger partial charge on any atom is 0.516 e. The predicted molar refractivity (Wildman–Crippen MR) is 204 cm³/mol. The predicted octanol–water partition coefficient (Wildman–Crippen LogP) is 7.88. The number of halogens is 11. The number of ether oxygens (including phenoxy) is 2. The van der Waals surface area contributed by atoms with Crippen molar-refractivity contribution in [3.63, 3.8) is 0 Å². The standard InChI is InChI=1S/C12H20O5.C11H16F3NO3S.C10H12F8O.C7H10O2/c1-5-12(3,4)11(15)17-7-6-16-10(14)8-9(2)13;1-5-6(2)8-3-7(5)4-9(8)10(16)15-19(17,18)11(12,13)14;1-3-7(13)4-8(19,10(16,17)18)9(14,15)5(7)6(2,11)12;1-4-5(2)7(9)3-6(4)8/h5-8H2,1-4H3;5-9H,3-4H2,1-2H3,(H,15,16);5,19H,3-4H2,1-2H3;4-5H,3H2,1-2H3. The van der Waals surface area contributed by atoms with Gasteiger partial charge in [0.1, 0.15) is 48.6 Å². The molecule has 4 aliphatic rings. The average molecular weight is 970 g/mol. The van der Waals surface area contributed by atoms with Gasteiger partial charge in [-0.2, -0.15) is 34.8 Å². The Hall–Kier alpha value is -3.44. The molecule has 0 aromatic heterocycles. The van der Waals surface area contributed by atoms with E-state index in [-0.39, 0.29) is 80.0 Å². The first-order valence-corrected chi connectivity index (χ1v) is 21.8. The molecule has 2 N–H and O–H groups in total. The molecular formula is C40H58F11NO11S. The Labute approximate surface area is 364 Å². The Balaban J connectivity index is 0.000000439. The van der Waals surface area contributed by atoms with Crippen molar-refractivity contribution in [2.24, 2.45) is 52.8 Å². The molecule has 1 amide bonds. The monoisotopic (exact) mass is 969 g/mol. The Kier molecular flexibility index (Phi) is 19.2. The normalized spacial score (nSPS) is 31.1. The summed E-state index contributed by atoms with van der Waals surface area (Å²) >= 11 is 0. The number of alkyl halides is 11. The maximum atomic E-state index is 14.1. The molecule has 0 saturated heterocycles. The van der Waals surface area contributed by atoms with Crippen molar-refractivity contribution in [2.75, 3.05) is 13.2 Å². The van der Waals surface area contributed by atoms with Crippen LogP contribution in [0.2, 0.25) is 0 Å². The molecule has 4 rings (SSSR count). The zero-order chi connectivity index (χ0) is 50.6. The minimum absolute atomic E-state index is 0.0107. The summed E-state index contributed by atoms with van der Waals surface area (Å²) in [4.78, 5) is 66.4. The van der Waals surface area contributed by atoms with E-state index in [1.165, 1.54) is 11.6 Å². The maximum absolute atomic E-state index is 14.1. The van der Waals surface area contributed by atoms with Crippen molar-refractivity contribution in [1.82, 2.24) is 4.72 Å². The van der Waals surface area contributed by atoms with E-state index in [0.717, 1.165) is 13.3 Å². The Morgan fingerprint density at radius 2 is 1.30 bits per heavy atom. The third-order valence-corrected chi connectivity index (χ3v) is 13.9. The fourth-order valence-corrected chi connectivity index (χ4v) is 8.58. The Bertz CT molecular complexity index is 1800. The SMILES string of the molecule is CC1C(=O)CC(=O)C1C.CC1C2CC(C(=O)NS(=O)(=O)C(F)(F)F)C(C2)C1C.CCC(C)(C)C(=O)OCCOC(=O)CC(C)=O.CCC1(F)CC(O)(C(F)(F)F)C(F)(F)C1C(C)(F)F. The van der Waals surface area contributed by atoms with Crippen molar-refractivity contribution in [3.8, 4) is 0 Å². The van der Waals surface area contributed by atoms with Crippen LogP contribution in [0.4, 0.5) is 48.3 Å². The van der Waals surface area contributed by atoms with Crippen molar-refractivity contribution in [2.45, 2.75) is 149 Å². The highest BCUT2D eigenvalue weighted by Crippen LogP contribution is 2.64. The first-order chi connectivity index (χ1) is 28.6. The number of aliphatic hydroxyl groups is 1. The highest BCUT2D eigenvalue weighted by Gasteiger charge is 2.84. The second-order valence-corrected chi connectivity index (χ2v) is 19.4. The smallest absolute Gasteiger partial charge is 0.462 e. The Morgan fingerprint density at radius 3 is 1.62 bits per heavy atom. The topological polar surface area (TPSA) is 187 Å². The molecular weight excluding hydrogens is 911 g/mol. The van der Waals surface area contributed by atoms with Gasteiger partial charge in [0.25, 0.3) is 11.8 Å². The van der Waals surface area contributed by atoms with Gasteiger partial charge in [0, 0.05) is 24.2 Å². The minimum Gasteiger partial charge on any atom is -0.462 e. The quantitative estimate of drug-likeness (QED) is 0.0888. The number of esters is 2. The zero-order valence-electron chi connectivity index (χ0n) is 37.1. The fourth-order valence-electron chi connectivity index (χ4n) is 8.04. The molecule has 10 atom stereocenters. The van der Waals surface area contributed by atoms with Gasteiger partial charge in [-0.05, 0) is 77.0 Å². The summed E-state index contributed by atoms with van der Waals surface area (Å²) in [5, 5.41) is 9.11. The molecule has 10 unspecified atom stereocenters. The van der Waals surface area contributed by atoms with Gasteiger partial charge in [0.15, 0.2) is 0 Å². The Morgan fingerprint density at radius 1 is 0.812 bits per heavy atom. The van der Waals surface area contributed by atoms with Crippen LogP contribution >= 0.6 is 0 Å². The van der Waals surface area contributed by atoms with E-state index < -0.39 is 86.8 Å². The molecule has 4 saturated carbocycles. The minimum atomic E-state index is -5.91. The van der Waals surface area contributed by atoms with E-state index in [0.29, 0.717) is 24.7 Å². The highest BCUT2D eigenvalue weighted by atomic mass is 32.2. The summed E-state index contributed by atoms with van der Waals surface area (Å²) in [5.41, 5.74) is -14.3. The largest absolute Gasteiger partial charge is 0.516 e. The van der Waals surface area contributed by atoms with Crippen LogP contribution < -0.4 is 4.72 Å². The number of fused-ring (bicyclic) bond motifs is 2. The van der Waals surface area contributed by atoms with Gasteiger partial charge in [-0.15, -0.1) is 0 Å². The number of nitrogens with one attached hydrogen (secondary N) is 1. The molecule has 24 heteroatoms. The third-order valence-electron chi connectivity index (χ3n) is 12.8. The number of carbonyl (C=O) groups excluding carboxylic acids is 6. The van der Waals surface area contributed by atoms with Gasteiger partial charge < -0.3 is 14.6 Å². The van der Waals surface area contributed by atoms with E-state index in [4.69, 9.17) is 14.6 Å². The van der Waals surface area contributed by atoms with Crippen LogP contribution in [-0.4, -0.2) is 96.7 Å². The van der Waals surface area contributed by atoms with Crippen molar-refractivity contribution >= 4 is 45.2 Å². The van der Waals surface area contributed by atoms with E-state index in [1.807, 2.05) is 27.7 Å². The van der Waals surface area contributed by atoms with Gasteiger partial charge in [0.2, 0.25) is 11.5 Å². The van der Waals surface area contributed by atoms with Gasteiger partial charge in [-0.1, -0.05) is 41.5 Å². The molecule has 0 radical (unpaired) electrons. The molecule has 0 heterocycles. The van der Waals surface area contributed by atoms with Gasteiger partial charge in [0.05, 0.1) is 11.8 Å². The number of rotatable bonds is 11. The number of sulfonamides is 1. The van der Waals surface area contributed by atoms with Crippen molar-refractivity contribution in [1.29, 1.82) is 0 Å². The third kappa shape index (κ3) is 13.6. The van der Waals surface area contributed by atoms with Crippen LogP contribution in [0.3, 0.4) is 0 Å². The molecule has 4 fully saturated rings. The summed E-state index contributed by atoms with van der Waals surface area (Å²) in [5.74, 6) is -14.9. The van der Waals surface area contributed by atoms with Gasteiger partial charge in [-0.3, -0.25) is 28.8 Å². The lowest BCUT2D eigenvalue weighted by molar-refractivity contribution is -0.335. The molecule has 64 heavy (non-hydrogen) atoms. The summed E-state index contributed by atoms with van der Waals surface area (Å²) < 4.78 is 175. The second-order valence-electron chi connectivity index (χ2n) is 17.7. The summed E-state index contributed by atoms with van der Waals surface area (Å²) in [6.07, 6.45) is -7.13. The van der Waals surface area contributed by atoms with Crippen LogP contribution in [0.5, 0.6) is 0 Å². The number of hydrogen-bond acceptors (Lipinski definition) is 11. The molecule has 2 bridgehead atoms. The van der Waals surface area contributed by atoms with Crippen molar-refractivity contribution < 1.29 is 100 Å². The van der Waals surface area contributed by atoms with Crippen LogP contribution in [0.25, 0.3) is 0 Å². The molecule has 372 valence electrons. The van der Waals surface area contributed by atoms with Crippen molar-refractivity contribution in [3.05, 3.63) is 0 Å². The summed E-state index contributed by atoms with van der Waals surface area (Å²) in [6, 6.07) is 0. The lowest BCUT2D eigenvalue weighted by atomic mass is 9.75. The highest BCUT2D eigenvalue weighted by molar-refractivity contribution is 7.90. The first-order valence-electron chi connectivity index (χ1n) is 20.3. The number of amides is 1. The molecule has 4 aliphatic carbocycles. The fraction of sp³-hybridized carbons (Fsp3) is 0.850. The lowest BCUT2D eigenvalue weighted by Crippen LogP contribution is -2.59. The molecule has 0 spiro atoms. The van der Waals surface area contributed by atoms with Crippen LogP contribution in [0.1, 0.15) is 114 Å². The zero-order valence-corrected chi connectivity index (χ0v) is 37.9. The molecule has 0 aromatic rings. The van der Waals surface area contributed by atoms with E-state index in [2.05, 4.69) is 6.92 Å². The lowest BCUT2D eigenvalue weighted by Gasteiger charge is -2.35. The molecule has 12 nitrogen and oxygen atoms in total. The summed E-state index contributed by atoms with van der Waals surface area (Å²) in [6.45, 7) is 15.2. The number of carbonyl (C=O) groups is 6. The molecule has 0 aromatic carbocycles. The van der Waals surface area contributed by atoms with E-state index in [9.17, 15) is 85.5 Å². The van der Waals surface area contributed by atoms with Crippen LogP contribution in [0.15, 0.2) is 0 Å². The number of ketones is 3. The van der Waals surface area contributed by atoms with E-state index in [1.54, 1.807) is 13.8 Å². The first kappa shape index (κ1) is 58.6. The van der Waals surface area contributed by atoms with Crippen LogP contribution in [-0.2, 0) is 48.3 Å². The number of hydrogen-bond donors (Lipinski definition) is 2. The van der Waals surface area contributed by atoms with Gasteiger partial charge in [-0.25, -0.2) is 26.7 Å². The van der Waals surface area contributed by atoms with Crippen LogP contribution in [0, 0.1) is 52.8 Å². The second kappa shape index (κ2) is 21.0. The summed E-state index contributed by atoms with van der Waals surface area (Å²) in [7, 11) is -5.58. The van der Waals surface area contributed by atoms with Gasteiger partial charge >= 0.3 is 33.6 Å².